The molecule has 0 spiro atoms. The Morgan fingerprint density at radius 2 is 1.55 bits per heavy atom. The summed E-state index contributed by atoms with van der Waals surface area (Å²) in [7, 11) is 1.60. The number of alkyl halides is 6. The third kappa shape index (κ3) is 5.43. The number of imidazole rings is 1. The summed E-state index contributed by atoms with van der Waals surface area (Å²) in [6.45, 7) is 0.0477. The van der Waals surface area contributed by atoms with Gasteiger partial charge in [-0.1, -0.05) is 17.2 Å². The molecule has 2 aromatic heterocycles. The summed E-state index contributed by atoms with van der Waals surface area (Å²) < 4.78 is 82.7. The minimum atomic E-state index is -4.60. The first-order valence-corrected chi connectivity index (χ1v) is 11.5. The standard InChI is InChI=1S/C25H18F6N8O/c1-38-19-11-8-17(25(29,30)31)12-20(19)39(23(38)32-18-9-6-16(7-10-18)24(26,27)28)13-14-2-4-15(5-3-14)21(40)33-22-34-36-37-35-22/h2-12H,13H2,1H3,(H2,33,34,35,36,37,40)/b32-23+. The Hall–Kier alpha value is -4.95. The highest BCUT2D eigenvalue weighted by Crippen LogP contribution is 2.32. The van der Waals surface area contributed by atoms with Gasteiger partial charge in [0.2, 0.25) is 11.6 Å². The van der Waals surface area contributed by atoms with Crippen LogP contribution in [-0.4, -0.2) is 35.7 Å². The second-order valence-electron chi connectivity index (χ2n) is 8.70. The molecule has 0 saturated carbocycles. The maximum absolute atomic E-state index is 13.5. The van der Waals surface area contributed by atoms with Crippen molar-refractivity contribution in [3.8, 4) is 0 Å². The molecule has 0 fully saturated rings. The van der Waals surface area contributed by atoms with E-state index in [4.69, 9.17) is 0 Å². The van der Waals surface area contributed by atoms with Gasteiger partial charge in [0.25, 0.3) is 5.91 Å². The molecule has 40 heavy (non-hydrogen) atoms. The SMILES string of the molecule is Cn1/c(=N\c2ccc(C(F)(F)F)cc2)n(Cc2ccc(C(=O)Nc3nnn[nH]3)cc2)c2cc(C(F)(F)F)ccc21. The van der Waals surface area contributed by atoms with Crippen LogP contribution >= 0.6 is 0 Å². The fourth-order valence-corrected chi connectivity index (χ4v) is 4.06. The van der Waals surface area contributed by atoms with Gasteiger partial charge in [-0.15, -0.1) is 0 Å². The maximum Gasteiger partial charge on any atom is 0.416 e. The lowest BCUT2D eigenvalue weighted by Gasteiger charge is -2.10. The first-order valence-electron chi connectivity index (χ1n) is 11.5. The Morgan fingerprint density at radius 1 is 0.900 bits per heavy atom. The third-order valence-corrected chi connectivity index (χ3v) is 6.05. The zero-order valence-electron chi connectivity index (χ0n) is 20.4. The number of nitrogens with zero attached hydrogens (tertiary/aromatic N) is 6. The van der Waals surface area contributed by atoms with Gasteiger partial charge in [0.05, 0.1) is 34.4 Å². The van der Waals surface area contributed by atoms with Crippen LogP contribution in [0.3, 0.4) is 0 Å². The van der Waals surface area contributed by atoms with Crippen molar-refractivity contribution < 1.29 is 31.1 Å². The summed E-state index contributed by atoms with van der Waals surface area (Å²) in [6, 6.07) is 13.7. The number of carbonyl (C=O) groups excluding carboxylic acids is 1. The minimum absolute atomic E-state index is 0.0477. The Morgan fingerprint density at radius 3 is 2.15 bits per heavy atom. The summed E-state index contributed by atoms with van der Waals surface area (Å²) in [5, 5.41) is 15.2. The van der Waals surface area contributed by atoms with Crippen LogP contribution in [0, 0.1) is 0 Å². The summed E-state index contributed by atoms with van der Waals surface area (Å²) >= 11 is 0. The topological polar surface area (TPSA) is 106 Å². The predicted molar refractivity (Wildman–Crippen MR) is 130 cm³/mol. The number of tetrazole rings is 1. The molecule has 1 amide bonds. The molecule has 5 aromatic rings. The molecule has 0 aliphatic heterocycles. The smallest absolute Gasteiger partial charge is 0.313 e. The number of halogens is 6. The number of carbonyl (C=O) groups is 1. The Balaban J connectivity index is 1.56. The van der Waals surface area contributed by atoms with E-state index in [9.17, 15) is 31.1 Å². The fraction of sp³-hybridized carbons (Fsp3) is 0.160. The van der Waals surface area contributed by atoms with Gasteiger partial charge in [-0.3, -0.25) is 10.1 Å². The number of aromatic amines is 1. The van der Waals surface area contributed by atoms with Crippen molar-refractivity contribution in [1.29, 1.82) is 0 Å². The van der Waals surface area contributed by atoms with Crippen molar-refractivity contribution in [2.24, 2.45) is 12.0 Å². The molecule has 0 bridgehead atoms. The lowest BCUT2D eigenvalue weighted by Crippen LogP contribution is -2.24. The van der Waals surface area contributed by atoms with Crippen LogP contribution in [0.5, 0.6) is 0 Å². The van der Waals surface area contributed by atoms with E-state index in [0.717, 1.165) is 24.3 Å². The summed E-state index contributed by atoms with van der Waals surface area (Å²) in [5.41, 5.74) is 0.197. The number of benzene rings is 3. The van der Waals surface area contributed by atoms with Crippen molar-refractivity contribution >= 4 is 28.6 Å². The molecule has 0 saturated heterocycles. The molecule has 206 valence electrons. The van der Waals surface area contributed by atoms with Crippen LogP contribution in [0.25, 0.3) is 11.0 Å². The van der Waals surface area contributed by atoms with Crippen molar-refractivity contribution in [2.45, 2.75) is 18.9 Å². The Kier molecular flexibility index (Phi) is 6.65. The molecule has 5 rings (SSSR count). The minimum Gasteiger partial charge on any atom is -0.313 e. The Labute approximate surface area is 220 Å². The third-order valence-electron chi connectivity index (χ3n) is 6.05. The normalized spacial score (nSPS) is 12.7. The number of aromatic nitrogens is 6. The molecular formula is C25H18F6N8O. The van der Waals surface area contributed by atoms with Gasteiger partial charge in [-0.2, -0.15) is 26.3 Å². The summed E-state index contributed by atoms with van der Waals surface area (Å²) in [5.74, 6) is -0.439. The molecule has 0 atom stereocenters. The average molecular weight is 560 g/mol. The van der Waals surface area contributed by atoms with Gasteiger partial charge in [-0.25, -0.2) is 10.1 Å². The van der Waals surface area contributed by atoms with Gasteiger partial charge in [0, 0.05) is 12.6 Å². The van der Waals surface area contributed by atoms with Crippen molar-refractivity contribution in [3.05, 3.63) is 94.6 Å². The molecule has 15 heteroatoms. The highest BCUT2D eigenvalue weighted by atomic mass is 19.4. The van der Waals surface area contributed by atoms with E-state index in [1.807, 2.05) is 0 Å². The molecule has 0 unspecified atom stereocenters. The van der Waals surface area contributed by atoms with E-state index in [0.29, 0.717) is 11.1 Å². The van der Waals surface area contributed by atoms with E-state index < -0.39 is 29.4 Å². The summed E-state index contributed by atoms with van der Waals surface area (Å²) in [4.78, 5) is 16.9. The number of H-pyrrole nitrogens is 1. The number of amides is 1. The van der Waals surface area contributed by atoms with Crippen molar-refractivity contribution in [3.63, 3.8) is 0 Å². The first kappa shape index (κ1) is 26.6. The lowest BCUT2D eigenvalue weighted by molar-refractivity contribution is -0.138. The van der Waals surface area contributed by atoms with Gasteiger partial charge in [-0.05, 0) is 70.6 Å². The van der Waals surface area contributed by atoms with Crippen molar-refractivity contribution in [1.82, 2.24) is 29.8 Å². The number of anilines is 1. The number of hydrogen-bond acceptors (Lipinski definition) is 5. The van der Waals surface area contributed by atoms with Crippen LogP contribution in [0.15, 0.2) is 71.7 Å². The highest BCUT2D eigenvalue weighted by molar-refractivity contribution is 6.03. The summed E-state index contributed by atoms with van der Waals surface area (Å²) in [6.07, 6.45) is -9.12. The van der Waals surface area contributed by atoms with Crippen LogP contribution < -0.4 is 10.9 Å². The van der Waals surface area contributed by atoms with Gasteiger partial charge >= 0.3 is 12.4 Å². The fourth-order valence-electron chi connectivity index (χ4n) is 4.06. The lowest BCUT2D eigenvalue weighted by atomic mass is 10.1. The van der Waals surface area contributed by atoms with E-state index in [1.165, 1.54) is 34.9 Å². The molecule has 9 nitrogen and oxygen atoms in total. The predicted octanol–water partition coefficient (Wildman–Crippen LogP) is 5.06. The zero-order chi connectivity index (χ0) is 28.7. The van der Waals surface area contributed by atoms with E-state index in [1.54, 1.807) is 23.7 Å². The second-order valence-corrected chi connectivity index (χ2v) is 8.70. The number of aryl methyl sites for hydroxylation is 1. The van der Waals surface area contributed by atoms with Crippen LogP contribution in [0.2, 0.25) is 0 Å². The molecule has 0 aliphatic carbocycles. The molecule has 0 aliphatic rings. The molecule has 0 radical (unpaired) electrons. The van der Waals surface area contributed by atoms with Crippen LogP contribution in [0.1, 0.15) is 27.0 Å². The average Bonchev–Trinajstić information content (AvgIpc) is 3.50. The monoisotopic (exact) mass is 560 g/mol. The van der Waals surface area contributed by atoms with Gasteiger partial charge in [0.1, 0.15) is 0 Å². The highest BCUT2D eigenvalue weighted by Gasteiger charge is 2.31. The maximum atomic E-state index is 13.5. The number of fused-ring (bicyclic) bond motifs is 1. The van der Waals surface area contributed by atoms with Crippen LogP contribution in [-0.2, 0) is 25.9 Å². The second kappa shape index (κ2) is 9.98. The number of rotatable bonds is 5. The molecule has 2 N–H and O–H groups in total. The molecule has 2 heterocycles. The largest absolute Gasteiger partial charge is 0.416 e. The van der Waals surface area contributed by atoms with Crippen molar-refractivity contribution in [2.75, 3.05) is 5.32 Å². The van der Waals surface area contributed by atoms with E-state index in [2.05, 4.69) is 30.9 Å². The van der Waals surface area contributed by atoms with E-state index >= 15 is 0 Å². The molecular weight excluding hydrogens is 542 g/mol. The Bertz CT molecular complexity index is 1730. The first-order chi connectivity index (χ1) is 18.9. The number of nitrogens with one attached hydrogen (secondary N) is 2. The quantitative estimate of drug-likeness (QED) is 0.293. The molecule has 3 aromatic carbocycles. The zero-order valence-corrected chi connectivity index (χ0v) is 20.4. The van der Waals surface area contributed by atoms with Crippen LogP contribution in [0.4, 0.5) is 38.0 Å². The van der Waals surface area contributed by atoms with Gasteiger partial charge in [0.15, 0.2) is 0 Å². The van der Waals surface area contributed by atoms with Gasteiger partial charge < -0.3 is 9.13 Å². The van der Waals surface area contributed by atoms with E-state index in [-0.39, 0.29) is 34.9 Å². The number of hydrogen-bond donors (Lipinski definition) is 2.